The molecular weight excluding hydrogens is 458 g/mol. The molecule has 0 aliphatic rings. The van der Waals surface area contributed by atoms with Crippen molar-refractivity contribution in [2.75, 3.05) is 5.32 Å². The summed E-state index contributed by atoms with van der Waals surface area (Å²) in [5, 5.41) is 16.0. The van der Waals surface area contributed by atoms with E-state index in [4.69, 9.17) is 16.7 Å². The van der Waals surface area contributed by atoms with Crippen LogP contribution in [0.25, 0.3) is 16.0 Å². The molecule has 0 atom stereocenters. The number of aliphatic carboxylic acids is 1. The number of fused-ring (bicyclic) bond motifs is 1. The highest BCUT2D eigenvalue weighted by atomic mass is 35.5. The quantitative estimate of drug-likeness (QED) is 0.313. The Morgan fingerprint density at radius 1 is 1.18 bits per heavy atom. The molecule has 170 valence electrons. The number of anilines is 1. The average molecular weight is 482 g/mol. The van der Waals surface area contributed by atoms with Gasteiger partial charge in [-0.1, -0.05) is 43.6 Å². The zero-order valence-electron chi connectivity index (χ0n) is 18.3. The SMILES string of the molecule is CC(C)Cc1cn(-c2nc(NC(=O)c3ccc(CCC(=O)O)cc3)cs2)c2cc(Cl)ccc12. The van der Waals surface area contributed by atoms with Crippen LogP contribution in [0.4, 0.5) is 5.82 Å². The second-order valence-corrected chi connectivity index (χ2v) is 9.62. The zero-order valence-corrected chi connectivity index (χ0v) is 19.9. The molecule has 4 rings (SSSR count). The molecule has 0 radical (unpaired) electrons. The van der Waals surface area contributed by atoms with Gasteiger partial charge in [0.05, 0.1) is 5.52 Å². The fourth-order valence-corrected chi connectivity index (χ4v) is 4.64. The number of aryl methyl sites for hydroxylation is 1. The number of carbonyl (C=O) groups is 2. The Morgan fingerprint density at radius 2 is 1.94 bits per heavy atom. The van der Waals surface area contributed by atoms with Gasteiger partial charge in [-0.2, -0.15) is 0 Å². The number of carbonyl (C=O) groups excluding carboxylic acids is 1. The Kier molecular flexibility index (Phi) is 6.81. The standard InChI is InChI=1S/C25H24ClN3O3S/c1-15(2)11-18-13-29(21-12-19(26)8-9-20(18)21)25-28-22(14-33-25)27-24(32)17-6-3-16(4-7-17)5-10-23(30)31/h3-4,6-9,12-15H,5,10-11H2,1-2H3,(H,27,32)(H,30,31). The zero-order chi connectivity index (χ0) is 23.5. The average Bonchev–Trinajstić information content (AvgIpc) is 3.36. The maximum absolute atomic E-state index is 12.7. The van der Waals surface area contributed by atoms with E-state index in [1.54, 1.807) is 24.3 Å². The summed E-state index contributed by atoms with van der Waals surface area (Å²) in [6, 6.07) is 12.8. The number of nitrogens with one attached hydrogen (secondary N) is 1. The number of halogens is 1. The van der Waals surface area contributed by atoms with E-state index in [9.17, 15) is 9.59 Å². The van der Waals surface area contributed by atoms with Crippen molar-refractivity contribution in [1.82, 2.24) is 9.55 Å². The summed E-state index contributed by atoms with van der Waals surface area (Å²) in [6.07, 6.45) is 3.54. The molecule has 33 heavy (non-hydrogen) atoms. The largest absolute Gasteiger partial charge is 0.481 e. The molecule has 0 unspecified atom stereocenters. The van der Waals surface area contributed by atoms with Crippen LogP contribution < -0.4 is 5.32 Å². The van der Waals surface area contributed by atoms with Crippen molar-refractivity contribution in [3.63, 3.8) is 0 Å². The van der Waals surface area contributed by atoms with E-state index in [-0.39, 0.29) is 12.3 Å². The first kappa shape index (κ1) is 23.0. The molecule has 2 heterocycles. The lowest BCUT2D eigenvalue weighted by atomic mass is 10.0. The Balaban J connectivity index is 1.53. The van der Waals surface area contributed by atoms with Crippen LogP contribution in [0, 0.1) is 5.92 Å². The lowest BCUT2D eigenvalue weighted by Gasteiger charge is -2.04. The molecule has 6 nitrogen and oxygen atoms in total. The van der Waals surface area contributed by atoms with Crippen LogP contribution in [0.5, 0.6) is 0 Å². The monoisotopic (exact) mass is 481 g/mol. The summed E-state index contributed by atoms with van der Waals surface area (Å²) >= 11 is 7.71. The van der Waals surface area contributed by atoms with Crippen LogP contribution in [0.3, 0.4) is 0 Å². The minimum absolute atomic E-state index is 0.0608. The van der Waals surface area contributed by atoms with Crippen LogP contribution in [0.1, 0.15) is 41.8 Å². The van der Waals surface area contributed by atoms with Crippen molar-refractivity contribution >= 4 is 51.5 Å². The first-order valence-electron chi connectivity index (χ1n) is 10.7. The van der Waals surface area contributed by atoms with Crippen LogP contribution in [0.2, 0.25) is 5.02 Å². The Morgan fingerprint density at radius 3 is 2.64 bits per heavy atom. The van der Waals surface area contributed by atoms with Gasteiger partial charge in [0.15, 0.2) is 5.13 Å². The molecule has 0 bridgehead atoms. The molecule has 2 aromatic heterocycles. The second-order valence-electron chi connectivity index (χ2n) is 8.34. The van der Waals surface area contributed by atoms with Gasteiger partial charge in [0.25, 0.3) is 5.91 Å². The van der Waals surface area contributed by atoms with Crippen molar-refractivity contribution in [3.8, 4) is 5.13 Å². The summed E-state index contributed by atoms with van der Waals surface area (Å²) in [4.78, 5) is 28.0. The van der Waals surface area contributed by atoms with Crippen molar-refractivity contribution in [1.29, 1.82) is 0 Å². The van der Waals surface area contributed by atoms with E-state index in [0.29, 0.717) is 28.7 Å². The normalized spacial score (nSPS) is 11.3. The van der Waals surface area contributed by atoms with E-state index < -0.39 is 5.97 Å². The summed E-state index contributed by atoms with van der Waals surface area (Å²) in [5.74, 6) is -0.117. The molecule has 0 spiro atoms. The number of hydrogen-bond donors (Lipinski definition) is 2. The lowest BCUT2D eigenvalue weighted by Crippen LogP contribution is -2.12. The topological polar surface area (TPSA) is 84.2 Å². The fraction of sp³-hybridized carbons (Fsp3) is 0.240. The predicted molar refractivity (Wildman–Crippen MR) is 133 cm³/mol. The molecule has 2 N–H and O–H groups in total. The van der Waals surface area contributed by atoms with Gasteiger partial charge < -0.3 is 10.4 Å². The maximum atomic E-state index is 12.7. The first-order valence-corrected chi connectivity index (χ1v) is 11.9. The number of thiazole rings is 1. The van der Waals surface area contributed by atoms with Gasteiger partial charge in [-0.25, -0.2) is 4.98 Å². The molecule has 0 saturated heterocycles. The molecule has 8 heteroatoms. The highest BCUT2D eigenvalue weighted by molar-refractivity contribution is 7.12. The van der Waals surface area contributed by atoms with Crippen molar-refractivity contribution < 1.29 is 14.7 Å². The minimum Gasteiger partial charge on any atom is -0.481 e. The number of rotatable bonds is 8. The molecule has 0 saturated carbocycles. The Labute approximate surface area is 200 Å². The number of hydrogen-bond acceptors (Lipinski definition) is 4. The van der Waals surface area contributed by atoms with E-state index in [2.05, 4.69) is 30.3 Å². The first-order chi connectivity index (χ1) is 15.8. The van der Waals surface area contributed by atoms with Gasteiger partial charge in [0, 0.05) is 34.0 Å². The Bertz CT molecular complexity index is 1310. The summed E-state index contributed by atoms with van der Waals surface area (Å²) < 4.78 is 2.02. The van der Waals surface area contributed by atoms with Gasteiger partial charge in [-0.15, -0.1) is 11.3 Å². The van der Waals surface area contributed by atoms with E-state index in [0.717, 1.165) is 28.0 Å². The molecule has 0 fully saturated rings. The van der Waals surface area contributed by atoms with E-state index in [1.807, 2.05) is 28.1 Å². The van der Waals surface area contributed by atoms with Crippen LogP contribution in [-0.2, 0) is 17.6 Å². The van der Waals surface area contributed by atoms with Crippen molar-refractivity contribution in [2.45, 2.75) is 33.1 Å². The smallest absolute Gasteiger partial charge is 0.303 e. The fourth-order valence-electron chi connectivity index (χ4n) is 3.73. The van der Waals surface area contributed by atoms with Gasteiger partial charge in [0.2, 0.25) is 0 Å². The number of benzene rings is 2. The number of carboxylic acid groups (broad SMARTS) is 1. The minimum atomic E-state index is -0.842. The molecular formula is C25H24ClN3O3S. The van der Waals surface area contributed by atoms with Crippen LogP contribution in [0.15, 0.2) is 54.0 Å². The maximum Gasteiger partial charge on any atom is 0.303 e. The molecule has 0 aliphatic carbocycles. The predicted octanol–water partition coefficient (Wildman–Crippen LogP) is 6.21. The summed E-state index contributed by atoms with van der Waals surface area (Å²) in [6.45, 7) is 4.38. The third-order valence-electron chi connectivity index (χ3n) is 5.26. The number of carboxylic acids is 1. The molecule has 4 aromatic rings. The number of amides is 1. The van der Waals surface area contributed by atoms with Gasteiger partial charge in [-0.05, 0) is 54.2 Å². The second kappa shape index (κ2) is 9.77. The highest BCUT2D eigenvalue weighted by Gasteiger charge is 2.15. The molecule has 2 aromatic carbocycles. The molecule has 1 amide bonds. The lowest BCUT2D eigenvalue weighted by molar-refractivity contribution is -0.136. The Hall–Kier alpha value is -3.16. The summed E-state index contributed by atoms with van der Waals surface area (Å²) in [5.41, 5.74) is 3.59. The third-order valence-corrected chi connectivity index (χ3v) is 6.34. The van der Waals surface area contributed by atoms with E-state index in [1.165, 1.54) is 16.9 Å². The van der Waals surface area contributed by atoms with Crippen LogP contribution >= 0.6 is 22.9 Å². The number of aromatic nitrogens is 2. The molecule has 0 aliphatic heterocycles. The highest BCUT2D eigenvalue weighted by Crippen LogP contribution is 2.31. The van der Waals surface area contributed by atoms with E-state index >= 15 is 0 Å². The van der Waals surface area contributed by atoms with Gasteiger partial charge in [-0.3, -0.25) is 14.2 Å². The van der Waals surface area contributed by atoms with Gasteiger partial charge in [0.1, 0.15) is 5.82 Å². The van der Waals surface area contributed by atoms with Crippen LogP contribution in [-0.4, -0.2) is 26.5 Å². The van der Waals surface area contributed by atoms with Crippen molar-refractivity contribution in [3.05, 3.63) is 75.8 Å². The summed E-state index contributed by atoms with van der Waals surface area (Å²) in [7, 11) is 0. The van der Waals surface area contributed by atoms with Crippen molar-refractivity contribution in [2.24, 2.45) is 5.92 Å². The third kappa shape index (κ3) is 5.43. The van der Waals surface area contributed by atoms with Gasteiger partial charge >= 0.3 is 5.97 Å². The number of nitrogens with zero attached hydrogens (tertiary/aromatic N) is 2.